The molecule has 3 amide bonds. The number of halogens is 1. The van der Waals surface area contributed by atoms with Crippen LogP contribution in [-0.2, 0) is 4.79 Å². The van der Waals surface area contributed by atoms with Crippen LogP contribution in [0.1, 0.15) is 32.1 Å². The van der Waals surface area contributed by atoms with E-state index in [9.17, 15) is 14.0 Å². The highest BCUT2D eigenvalue weighted by Crippen LogP contribution is 2.34. The number of hydrogen-bond donors (Lipinski definition) is 1. The van der Waals surface area contributed by atoms with E-state index in [0.29, 0.717) is 17.2 Å². The molecule has 2 aliphatic rings. The number of carbonyl (C=O) groups excluding carboxylic acids is 2. The molecule has 3 rings (SSSR count). The van der Waals surface area contributed by atoms with Crippen LogP contribution in [0.25, 0.3) is 0 Å². The van der Waals surface area contributed by atoms with Crippen molar-refractivity contribution in [2.24, 2.45) is 0 Å². The van der Waals surface area contributed by atoms with Gasteiger partial charge in [-0.3, -0.25) is 9.69 Å². The molecule has 1 saturated carbocycles. The van der Waals surface area contributed by atoms with Crippen molar-refractivity contribution in [1.82, 2.24) is 10.2 Å². The van der Waals surface area contributed by atoms with E-state index in [2.05, 4.69) is 5.32 Å². The molecule has 1 saturated heterocycles. The molecule has 1 aliphatic carbocycles. The van der Waals surface area contributed by atoms with Crippen LogP contribution in [0.3, 0.4) is 0 Å². The van der Waals surface area contributed by atoms with Crippen LogP contribution in [0.15, 0.2) is 29.2 Å². The van der Waals surface area contributed by atoms with Crippen molar-refractivity contribution in [1.29, 1.82) is 0 Å². The second-order valence-corrected chi connectivity index (χ2v) is 6.95. The second kappa shape index (κ2) is 6.28. The summed E-state index contributed by atoms with van der Waals surface area (Å²) >= 11 is 1.32. The molecule has 0 unspecified atom stereocenters. The smallest absolute Gasteiger partial charge is 0.323 e. The summed E-state index contributed by atoms with van der Waals surface area (Å²) in [6.45, 7) is 0.311. The fraction of sp³-hybridized carbons (Fsp3) is 0.500. The predicted molar refractivity (Wildman–Crippen MR) is 83.2 cm³/mol. The Hall–Kier alpha value is -1.56. The first-order valence-electron chi connectivity index (χ1n) is 7.64. The first kappa shape index (κ1) is 15.3. The largest absolute Gasteiger partial charge is 0.325 e. The highest BCUT2D eigenvalue weighted by Gasteiger charge is 2.50. The Balaban J connectivity index is 1.60. The molecule has 0 bridgehead atoms. The van der Waals surface area contributed by atoms with Gasteiger partial charge in [0.1, 0.15) is 11.4 Å². The molecule has 1 heterocycles. The number of imide groups is 1. The molecule has 1 aromatic rings. The third-order valence-electron chi connectivity index (χ3n) is 4.36. The lowest BCUT2D eigenvalue weighted by Crippen LogP contribution is -2.48. The van der Waals surface area contributed by atoms with Gasteiger partial charge in [-0.25, -0.2) is 9.18 Å². The third kappa shape index (κ3) is 2.84. The van der Waals surface area contributed by atoms with Crippen molar-refractivity contribution in [3.8, 4) is 0 Å². The number of amides is 3. The molecular formula is C16H19FN2O2S. The van der Waals surface area contributed by atoms with Gasteiger partial charge in [-0.15, -0.1) is 11.8 Å². The van der Waals surface area contributed by atoms with Gasteiger partial charge in [0.25, 0.3) is 5.91 Å². The Morgan fingerprint density at radius 1 is 1.18 bits per heavy atom. The molecule has 4 nitrogen and oxygen atoms in total. The van der Waals surface area contributed by atoms with Crippen molar-refractivity contribution >= 4 is 23.7 Å². The molecule has 1 spiro atoms. The molecule has 0 aromatic heterocycles. The number of benzene rings is 1. The minimum Gasteiger partial charge on any atom is -0.323 e. The first-order valence-corrected chi connectivity index (χ1v) is 8.62. The van der Waals surface area contributed by atoms with Gasteiger partial charge in [-0.1, -0.05) is 31.4 Å². The quantitative estimate of drug-likeness (QED) is 0.684. The fourth-order valence-corrected chi connectivity index (χ4v) is 4.06. The maximum atomic E-state index is 13.5. The van der Waals surface area contributed by atoms with E-state index in [0.717, 1.165) is 32.1 Å². The average molecular weight is 322 g/mol. The molecule has 0 atom stereocenters. The van der Waals surface area contributed by atoms with Gasteiger partial charge in [-0.2, -0.15) is 0 Å². The molecule has 1 N–H and O–H groups in total. The predicted octanol–water partition coefficient (Wildman–Crippen LogP) is 3.17. The Kier molecular flexibility index (Phi) is 4.38. The summed E-state index contributed by atoms with van der Waals surface area (Å²) in [5.74, 6) is 0.121. The summed E-state index contributed by atoms with van der Waals surface area (Å²) in [7, 11) is 0. The molecule has 0 radical (unpaired) electrons. The number of thioether (sulfide) groups is 1. The van der Waals surface area contributed by atoms with Crippen LogP contribution in [0.5, 0.6) is 0 Å². The monoisotopic (exact) mass is 322 g/mol. The standard InChI is InChI=1S/C16H19FN2O2S/c17-12-6-2-3-7-13(12)22-11-10-19-14(20)16(18-15(19)21)8-4-1-5-9-16/h2-3,6-7H,1,4-5,8-11H2,(H,18,21). The van der Waals surface area contributed by atoms with Gasteiger partial charge >= 0.3 is 6.03 Å². The van der Waals surface area contributed by atoms with E-state index in [-0.39, 0.29) is 17.8 Å². The highest BCUT2D eigenvalue weighted by molar-refractivity contribution is 7.99. The zero-order chi connectivity index (χ0) is 15.6. The molecular weight excluding hydrogens is 303 g/mol. The second-order valence-electron chi connectivity index (χ2n) is 5.81. The van der Waals surface area contributed by atoms with E-state index in [1.165, 1.54) is 22.7 Å². The van der Waals surface area contributed by atoms with Gasteiger partial charge in [0, 0.05) is 17.2 Å². The van der Waals surface area contributed by atoms with Crippen LogP contribution >= 0.6 is 11.8 Å². The molecule has 118 valence electrons. The van der Waals surface area contributed by atoms with Crippen molar-refractivity contribution in [2.45, 2.75) is 42.5 Å². The lowest BCUT2D eigenvalue weighted by Gasteiger charge is -2.30. The van der Waals surface area contributed by atoms with Crippen LogP contribution in [0.2, 0.25) is 0 Å². The molecule has 1 aliphatic heterocycles. The Labute approximate surface area is 133 Å². The molecule has 6 heteroatoms. The number of rotatable bonds is 4. The zero-order valence-electron chi connectivity index (χ0n) is 12.3. The maximum absolute atomic E-state index is 13.5. The van der Waals surface area contributed by atoms with Crippen molar-refractivity contribution in [2.75, 3.05) is 12.3 Å². The number of carbonyl (C=O) groups is 2. The summed E-state index contributed by atoms with van der Waals surface area (Å²) in [6, 6.07) is 6.22. The lowest BCUT2D eigenvalue weighted by atomic mass is 9.82. The summed E-state index contributed by atoms with van der Waals surface area (Å²) < 4.78 is 13.5. The van der Waals surface area contributed by atoms with Gasteiger partial charge in [0.05, 0.1) is 0 Å². The van der Waals surface area contributed by atoms with Crippen LogP contribution in [0, 0.1) is 5.82 Å². The minimum absolute atomic E-state index is 0.105. The lowest BCUT2D eigenvalue weighted by molar-refractivity contribution is -0.132. The number of hydrogen-bond acceptors (Lipinski definition) is 3. The summed E-state index contributed by atoms with van der Waals surface area (Å²) in [6.07, 6.45) is 4.53. The average Bonchev–Trinajstić information content (AvgIpc) is 2.74. The van der Waals surface area contributed by atoms with Gasteiger partial charge in [0.2, 0.25) is 0 Å². The zero-order valence-corrected chi connectivity index (χ0v) is 13.1. The van der Waals surface area contributed by atoms with Crippen LogP contribution in [0.4, 0.5) is 9.18 Å². The third-order valence-corrected chi connectivity index (χ3v) is 5.39. The van der Waals surface area contributed by atoms with Crippen LogP contribution in [-0.4, -0.2) is 34.7 Å². The van der Waals surface area contributed by atoms with Crippen molar-refractivity contribution in [3.05, 3.63) is 30.1 Å². The van der Waals surface area contributed by atoms with Crippen LogP contribution < -0.4 is 5.32 Å². The Morgan fingerprint density at radius 3 is 2.64 bits per heavy atom. The van der Waals surface area contributed by atoms with Gasteiger partial charge in [0.15, 0.2) is 0 Å². The number of nitrogens with one attached hydrogen (secondary N) is 1. The SMILES string of the molecule is O=C1NC2(CCCCC2)C(=O)N1CCSc1ccccc1F. The molecule has 22 heavy (non-hydrogen) atoms. The minimum atomic E-state index is -0.669. The Bertz CT molecular complexity index is 587. The first-order chi connectivity index (χ1) is 10.6. The number of urea groups is 1. The van der Waals surface area contributed by atoms with E-state index >= 15 is 0 Å². The van der Waals surface area contributed by atoms with E-state index in [1.54, 1.807) is 18.2 Å². The topological polar surface area (TPSA) is 49.4 Å². The molecule has 2 fully saturated rings. The normalized spacial score (nSPS) is 20.5. The van der Waals surface area contributed by atoms with E-state index in [4.69, 9.17) is 0 Å². The van der Waals surface area contributed by atoms with Crippen molar-refractivity contribution < 1.29 is 14.0 Å². The van der Waals surface area contributed by atoms with E-state index in [1.807, 2.05) is 0 Å². The summed E-state index contributed by atoms with van der Waals surface area (Å²) in [5.41, 5.74) is -0.669. The van der Waals surface area contributed by atoms with Crippen molar-refractivity contribution in [3.63, 3.8) is 0 Å². The fourth-order valence-electron chi connectivity index (χ4n) is 3.18. The van der Waals surface area contributed by atoms with E-state index < -0.39 is 5.54 Å². The Morgan fingerprint density at radius 2 is 1.91 bits per heavy atom. The maximum Gasteiger partial charge on any atom is 0.325 e. The summed E-state index contributed by atoms with van der Waals surface area (Å²) in [4.78, 5) is 26.5. The molecule has 1 aromatic carbocycles. The van der Waals surface area contributed by atoms with Gasteiger partial charge in [-0.05, 0) is 25.0 Å². The van der Waals surface area contributed by atoms with Gasteiger partial charge < -0.3 is 5.32 Å². The number of nitrogens with zero attached hydrogens (tertiary/aromatic N) is 1. The summed E-state index contributed by atoms with van der Waals surface area (Å²) in [5, 5.41) is 2.88. The highest BCUT2D eigenvalue weighted by atomic mass is 32.2.